The second-order valence-electron chi connectivity index (χ2n) is 5.94. The van der Waals surface area contributed by atoms with Crippen molar-refractivity contribution in [2.75, 3.05) is 6.61 Å². The number of halogens is 7. The highest BCUT2D eigenvalue weighted by atomic mass is 35.5. The highest BCUT2D eigenvalue weighted by Crippen LogP contribution is 2.44. The summed E-state index contributed by atoms with van der Waals surface area (Å²) >= 11 is 0. The second-order valence-corrected chi connectivity index (χ2v) is 5.94. The Morgan fingerprint density at radius 1 is 1.12 bits per heavy atom. The van der Waals surface area contributed by atoms with Crippen LogP contribution in [0.5, 0.6) is 0 Å². The third-order valence-electron chi connectivity index (χ3n) is 3.61. The van der Waals surface area contributed by atoms with Crippen molar-refractivity contribution in [1.82, 2.24) is 5.32 Å². The Bertz CT molecular complexity index is 627. The summed E-state index contributed by atoms with van der Waals surface area (Å²) in [7, 11) is 0. The van der Waals surface area contributed by atoms with Gasteiger partial charge in [0.25, 0.3) is 0 Å². The summed E-state index contributed by atoms with van der Waals surface area (Å²) in [5.41, 5.74) is -4.07. The largest absolute Gasteiger partial charge is 0.449 e. The van der Waals surface area contributed by atoms with E-state index in [-0.39, 0.29) is 19.0 Å². The number of carbonyl (C=O) groups is 1. The SMILES string of the molecule is CC1(C)COC(=O)N[C@@H]1c1cc(C(F)(F)F)ccc1C(F)(F)F.Cl. The second kappa shape index (κ2) is 6.34. The van der Waals surface area contributed by atoms with E-state index >= 15 is 0 Å². The molecule has 3 nitrogen and oxygen atoms in total. The van der Waals surface area contributed by atoms with Crippen molar-refractivity contribution in [2.45, 2.75) is 32.2 Å². The minimum atomic E-state index is -4.85. The third-order valence-corrected chi connectivity index (χ3v) is 3.61. The quantitative estimate of drug-likeness (QED) is 0.703. The fourth-order valence-electron chi connectivity index (χ4n) is 2.42. The highest BCUT2D eigenvalue weighted by Gasteiger charge is 2.44. The van der Waals surface area contributed by atoms with E-state index in [0.29, 0.717) is 18.2 Å². The van der Waals surface area contributed by atoms with Crippen molar-refractivity contribution >= 4 is 18.5 Å². The number of alkyl halides is 6. The lowest BCUT2D eigenvalue weighted by Crippen LogP contribution is -2.47. The topological polar surface area (TPSA) is 38.3 Å². The first-order chi connectivity index (χ1) is 10.3. The van der Waals surface area contributed by atoms with Crippen molar-refractivity contribution in [3.8, 4) is 0 Å². The van der Waals surface area contributed by atoms with Crippen LogP contribution in [-0.2, 0) is 17.1 Å². The number of benzene rings is 1. The molecule has 10 heteroatoms. The molecule has 1 atom stereocenters. The number of hydrogen-bond donors (Lipinski definition) is 1. The van der Waals surface area contributed by atoms with Crippen molar-refractivity contribution in [1.29, 1.82) is 0 Å². The van der Waals surface area contributed by atoms with Gasteiger partial charge in [-0.15, -0.1) is 12.4 Å². The van der Waals surface area contributed by atoms with Gasteiger partial charge < -0.3 is 10.1 Å². The average Bonchev–Trinajstić information content (AvgIpc) is 2.39. The summed E-state index contributed by atoms with van der Waals surface area (Å²) in [6.07, 6.45) is -10.6. The van der Waals surface area contributed by atoms with E-state index in [1.165, 1.54) is 13.8 Å². The fourth-order valence-corrected chi connectivity index (χ4v) is 2.42. The van der Waals surface area contributed by atoms with Gasteiger partial charge in [0.15, 0.2) is 0 Å². The Kier molecular flexibility index (Phi) is 5.39. The van der Waals surface area contributed by atoms with E-state index in [0.717, 1.165) is 0 Å². The zero-order chi connectivity index (χ0) is 17.6. The van der Waals surface area contributed by atoms with E-state index in [4.69, 9.17) is 4.74 Å². The summed E-state index contributed by atoms with van der Waals surface area (Å²) in [5, 5.41) is 2.19. The summed E-state index contributed by atoms with van der Waals surface area (Å²) in [4.78, 5) is 11.3. The van der Waals surface area contributed by atoms with Crippen molar-refractivity contribution in [3.05, 3.63) is 34.9 Å². The number of nitrogens with one attached hydrogen (secondary N) is 1. The fraction of sp³-hybridized carbons (Fsp3) is 0.500. The van der Waals surface area contributed by atoms with Crippen LogP contribution < -0.4 is 5.32 Å². The third kappa shape index (κ3) is 4.06. The summed E-state index contributed by atoms with van der Waals surface area (Å²) in [6, 6.07) is -0.0698. The van der Waals surface area contributed by atoms with E-state index in [1.807, 2.05) is 0 Å². The maximum Gasteiger partial charge on any atom is 0.416 e. The monoisotopic (exact) mass is 377 g/mol. The van der Waals surface area contributed by atoms with Crippen LogP contribution in [0.15, 0.2) is 18.2 Å². The maximum absolute atomic E-state index is 13.2. The minimum absolute atomic E-state index is 0. The number of rotatable bonds is 1. The van der Waals surface area contributed by atoms with E-state index < -0.39 is 46.6 Å². The zero-order valence-corrected chi connectivity index (χ0v) is 13.3. The van der Waals surface area contributed by atoms with E-state index in [2.05, 4.69) is 5.32 Å². The lowest BCUT2D eigenvalue weighted by Gasteiger charge is -2.39. The molecule has 1 heterocycles. The van der Waals surface area contributed by atoms with Crippen molar-refractivity contribution < 1.29 is 35.9 Å². The van der Waals surface area contributed by atoms with Crippen LogP contribution in [0.25, 0.3) is 0 Å². The maximum atomic E-state index is 13.2. The smallest absolute Gasteiger partial charge is 0.416 e. The molecule has 1 N–H and O–H groups in total. The molecule has 0 bridgehead atoms. The number of hydrogen-bond acceptors (Lipinski definition) is 2. The summed E-state index contributed by atoms with van der Waals surface area (Å²) in [5.74, 6) is 0. The van der Waals surface area contributed by atoms with Crippen LogP contribution in [0.3, 0.4) is 0 Å². The molecule has 1 aromatic rings. The predicted octanol–water partition coefficient (Wildman–Crippen LogP) is 4.95. The van der Waals surface area contributed by atoms with Crippen LogP contribution >= 0.6 is 12.4 Å². The van der Waals surface area contributed by atoms with Crippen molar-refractivity contribution in [2.24, 2.45) is 5.41 Å². The molecule has 0 spiro atoms. The van der Waals surface area contributed by atoms with Crippen LogP contribution in [0.4, 0.5) is 31.1 Å². The Hall–Kier alpha value is -1.64. The van der Waals surface area contributed by atoms with Crippen molar-refractivity contribution in [3.63, 3.8) is 0 Å². The molecule has 0 radical (unpaired) electrons. The van der Waals surface area contributed by atoms with Gasteiger partial charge in [-0.05, 0) is 23.8 Å². The van der Waals surface area contributed by atoms with Gasteiger partial charge in [-0.2, -0.15) is 26.3 Å². The molecule has 0 unspecified atom stereocenters. The number of ether oxygens (including phenoxy) is 1. The van der Waals surface area contributed by atoms with Gasteiger partial charge >= 0.3 is 18.4 Å². The molecule has 136 valence electrons. The molecule has 24 heavy (non-hydrogen) atoms. The van der Waals surface area contributed by atoms with Gasteiger partial charge in [0, 0.05) is 5.41 Å². The molecule has 1 fully saturated rings. The molecule has 0 aromatic heterocycles. The molecule has 1 amide bonds. The standard InChI is InChI=1S/C14H13F6NO2.ClH/c1-12(2)6-23-11(22)21-10(12)8-5-7(13(15,16)17)3-4-9(8)14(18,19)20;/h3-5,10H,6H2,1-2H3,(H,21,22);1H/t10-;/m1./s1. The Labute approximate surface area is 139 Å². The van der Waals surface area contributed by atoms with Gasteiger partial charge in [0.05, 0.1) is 17.2 Å². The highest BCUT2D eigenvalue weighted by molar-refractivity contribution is 5.85. The lowest BCUT2D eigenvalue weighted by molar-refractivity contribution is -0.142. The van der Waals surface area contributed by atoms with Crippen LogP contribution in [-0.4, -0.2) is 12.7 Å². The molecule has 0 saturated carbocycles. The number of alkyl carbamates (subject to hydrolysis) is 1. The molecule has 2 rings (SSSR count). The average molecular weight is 378 g/mol. The van der Waals surface area contributed by atoms with Crippen LogP contribution in [0.2, 0.25) is 0 Å². The molecule has 0 aliphatic carbocycles. The Morgan fingerprint density at radius 3 is 2.21 bits per heavy atom. The van der Waals surface area contributed by atoms with E-state index in [1.54, 1.807) is 0 Å². The molecule has 1 aliphatic heterocycles. The van der Waals surface area contributed by atoms with Crippen LogP contribution in [0, 0.1) is 5.41 Å². The predicted molar refractivity (Wildman–Crippen MR) is 74.7 cm³/mol. The number of amides is 1. The number of cyclic esters (lactones) is 1. The van der Waals surface area contributed by atoms with Gasteiger partial charge in [0.2, 0.25) is 0 Å². The molecular weight excluding hydrogens is 364 g/mol. The first-order valence-electron chi connectivity index (χ1n) is 6.54. The number of carbonyl (C=O) groups excluding carboxylic acids is 1. The summed E-state index contributed by atoms with van der Waals surface area (Å²) < 4.78 is 82.7. The lowest BCUT2D eigenvalue weighted by atomic mass is 9.78. The van der Waals surface area contributed by atoms with Gasteiger partial charge in [-0.25, -0.2) is 4.79 Å². The molecule has 1 aromatic carbocycles. The van der Waals surface area contributed by atoms with Gasteiger partial charge in [-0.3, -0.25) is 0 Å². The van der Waals surface area contributed by atoms with Gasteiger partial charge in [0.1, 0.15) is 6.61 Å². The molecule has 1 saturated heterocycles. The first-order valence-corrected chi connectivity index (χ1v) is 6.54. The normalized spacial score (nSPS) is 20.7. The van der Waals surface area contributed by atoms with E-state index in [9.17, 15) is 31.1 Å². The van der Waals surface area contributed by atoms with Crippen LogP contribution in [0.1, 0.15) is 36.6 Å². The zero-order valence-electron chi connectivity index (χ0n) is 12.5. The minimum Gasteiger partial charge on any atom is -0.449 e. The Balaban J connectivity index is 0.00000288. The molecule has 1 aliphatic rings. The first kappa shape index (κ1) is 20.4. The Morgan fingerprint density at radius 2 is 1.71 bits per heavy atom. The summed E-state index contributed by atoms with van der Waals surface area (Å²) in [6.45, 7) is 2.78. The molecular formula is C14H14ClF6NO2. The van der Waals surface area contributed by atoms with Gasteiger partial charge in [-0.1, -0.05) is 13.8 Å².